The van der Waals surface area contributed by atoms with Crippen LogP contribution in [-0.2, 0) is 16.1 Å². The van der Waals surface area contributed by atoms with Crippen molar-refractivity contribution >= 4 is 17.5 Å². The van der Waals surface area contributed by atoms with E-state index in [1.807, 2.05) is 11.8 Å². The second kappa shape index (κ2) is 8.80. The summed E-state index contributed by atoms with van der Waals surface area (Å²) in [7, 11) is 0. The van der Waals surface area contributed by atoms with Gasteiger partial charge in [-0.15, -0.1) is 0 Å². The molecule has 3 aliphatic rings. The highest BCUT2D eigenvalue weighted by Gasteiger charge is 2.47. The molecule has 3 heterocycles. The molecule has 0 N–H and O–H groups in total. The van der Waals surface area contributed by atoms with E-state index in [0.717, 1.165) is 37.0 Å². The van der Waals surface area contributed by atoms with Gasteiger partial charge in [-0.05, 0) is 26.2 Å². The molecule has 0 bridgehead atoms. The molecule has 172 valence electrons. The van der Waals surface area contributed by atoms with Gasteiger partial charge in [-0.3, -0.25) is 14.2 Å². The van der Waals surface area contributed by atoms with Gasteiger partial charge in [-0.25, -0.2) is 0 Å². The van der Waals surface area contributed by atoms with E-state index in [1.165, 1.54) is 10.6 Å². The summed E-state index contributed by atoms with van der Waals surface area (Å²) in [5, 5.41) is 0. The maximum absolute atomic E-state index is 13.9. The van der Waals surface area contributed by atoms with Crippen LogP contribution in [-0.4, -0.2) is 59.9 Å². The summed E-state index contributed by atoms with van der Waals surface area (Å²) in [6.07, 6.45) is -0.455. The van der Waals surface area contributed by atoms with Crippen molar-refractivity contribution in [3.63, 3.8) is 0 Å². The Bertz CT molecular complexity index is 866. The Labute approximate surface area is 179 Å². The Morgan fingerprint density at radius 1 is 1.19 bits per heavy atom. The Balaban J connectivity index is 1.70. The van der Waals surface area contributed by atoms with Gasteiger partial charge in [0.25, 0.3) is 5.56 Å². The van der Waals surface area contributed by atoms with Gasteiger partial charge in [0, 0.05) is 25.1 Å². The first-order valence-electron chi connectivity index (χ1n) is 11.1. The van der Waals surface area contributed by atoms with Crippen molar-refractivity contribution < 1.29 is 22.7 Å². The third-order valence-electron chi connectivity index (χ3n) is 6.66. The fourth-order valence-corrected chi connectivity index (χ4v) is 4.92. The SMILES string of the molecule is C[C@@H]1COCCN1c1cc(=O)n2c(n1)N(CC(=O)C1CCCCC1)[C@H](C(F)(F)F)CC2. The zero-order valence-corrected chi connectivity index (χ0v) is 17.7. The lowest BCUT2D eigenvalue weighted by Crippen LogP contribution is -2.55. The molecule has 7 nitrogen and oxygen atoms in total. The molecule has 0 spiro atoms. The number of ketones is 1. The quantitative estimate of drug-likeness (QED) is 0.715. The number of ether oxygens (including phenoxy) is 1. The number of hydrogen-bond donors (Lipinski definition) is 0. The minimum Gasteiger partial charge on any atom is -0.377 e. The number of rotatable bonds is 4. The molecular formula is C21H29F3N4O3. The average Bonchev–Trinajstić information content (AvgIpc) is 2.74. The number of carbonyl (C=O) groups excluding carboxylic acids is 1. The van der Waals surface area contributed by atoms with Crippen LogP contribution in [0.5, 0.6) is 0 Å². The fraction of sp³-hybridized carbons (Fsp3) is 0.762. The van der Waals surface area contributed by atoms with E-state index in [1.54, 1.807) is 0 Å². The maximum Gasteiger partial charge on any atom is 0.408 e. The van der Waals surface area contributed by atoms with Crippen LogP contribution in [0.25, 0.3) is 0 Å². The summed E-state index contributed by atoms with van der Waals surface area (Å²) in [6, 6.07) is -0.507. The van der Waals surface area contributed by atoms with Crippen molar-refractivity contribution in [3.05, 3.63) is 16.4 Å². The highest BCUT2D eigenvalue weighted by Crippen LogP contribution is 2.35. The fourth-order valence-electron chi connectivity index (χ4n) is 4.92. The number of Topliss-reactive ketones (excluding diaryl/α,β-unsaturated/α-hetero) is 1. The number of carbonyl (C=O) groups is 1. The molecule has 1 aromatic rings. The van der Waals surface area contributed by atoms with Gasteiger partial charge in [0.2, 0.25) is 5.95 Å². The van der Waals surface area contributed by atoms with E-state index < -0.39 is 17.8 Å². The predicted molar refractivity (Wildman–Crippen MR) is 110 cm³/mol. The van der Waals surface area contributed by atoms with Crippen LogP contribution in [0.3, 0.4) is 0 Å². The van der Waals surface area contributed by atoms with E-state index in [2.05, 4.69) is 4.98 Å². The van der Waals surface area contributed by atoms with Gasteiger partial charge in [-0.2, -0.15) is 18.2 Å². The van der Waals surface area contributed by atoms with Crippen molar-refractivity contribution in [1.82, 2.24) is 9.55 Å². The van der Waals surface area contributed by atoms with Gasteiger partial charge in [-0.1, -0.05) is 19.3 Å². The molecule has 4 rings (SSSR count). The normalized spacial score (nSPS) is 25.4. The minimum atomic E-state index is -4.52. The monoisotopic (exact) mass is 442 g/mol. The molecule has 0 radical (unpaired) electrons. The van der Waals surface area contributed by atoms with E-state index in [-0.39, 0.29) is 43.2 Å². The van der Waals surface area contributed by atoms with E-state index >= 15 is 0 Å². The van der Waals surface area contributed by atoms with Crippen LogP contribution in [0.15, 0.2) is 10.9 Å². The van der Waals surface area contributed by atoms with Crippen LogP contribution in [0.1, 0.15) is 45.4 Å². The van der Waals surface area contributed by atoms with Crippen LogP contribution in [0.2, 0.25) is 0 Å². The summed E-state index contributed by atoms with van der Waals surface area (Å²) in [5.41, 5.74) is -0.394. The lowest BCUT2D eigenvalue weighted by Gasteiger charge is -2.40. The molecule has 1 aromatic heterocycles. The molecule has 2 aliphatic heterocycles. The number of aromatic nitrogens is 2. The first kappa shape index (κ1) is 22.1. The Hall–Kier alpha value is -2.10. The van der Waals surface area contributed by atoms with Crippen LogP contribution in [0.4, 0.5) is 24.9 Å². The van der Waals surface area contributed by atoms with Gasteiger partial charge >= 0.3 is 6.18 Å². The Kier molecular flexibility index (Phi) is 6.27. The summed E-state index contributed by atoms with van der Waals surface area (Å²) in [6.45, 7) is 2.89. The van der Waals surface area contributed by atoms with Crippen molar-refractivity contribution in [2.24, 2.45) is 5.92 Å². The van der Waals surface area contributed by atoms with Crippen LogP contribution < -0.4 is 15.4 Å². The second-order valence-electron chi connectivity index (χ2n) is 8.80. The highest BCUT2D eigenvalue weighted by molar-refractivity contribution is 5.85. The van der Waals surface area contributed by atoms with Gasteiger partial charge in [0.15, 0.2) is 5.78 Å². The molecule has 2 fully saturated rings. The third-order valence-corrected chi connectivity index (χ3v) is 6.66. The Morgan fingerprint density at radius 3 is 2.61 bits per heavy atom. The average molecular weight is 442 g/mol. The van der Waals surface area contributed by atoms with E-state index in [9.17, 15) is 22.8 Å². The molecule has 0 aromatic carbocycles. The lowest BCUT2D eigenvalue weighted by atomic mass is 9.86. The molecule has 1 saturated heterocycles. The van der Waals surface area contributed by atoms with Crippen molar-refractivity contribution in [1.29, 1.82) is 0 Å². The number of nitrogens with zero attached hydrogens (tertiary/aromatic N) is 4. The van der Waals surface area contributed by atoms with Crippen LogP contribution >= 0.6 is 0 Å². The minimum absolute atomic E-state index is 0.0528. The van der Waals surface area contributed by atoms with Gasteiger partial charge in [0.05, 0.1) is 25.8 Å². The molecule has 1 saturated carbocycles. The number of hydrogen-bond acceptors (Lipinski definition) is 6. The standard InChI is InChI=1S/C21H29F3N4O3/c1-14-13-31-10-9-26(14)18-11-19(30)27-8-7-17(21(22,23)24)28(20(27)25-18)12-16(29)15-5-3-2-4-6-15/h11,14-15,17H,2-10,12-13H2,1H3/t14-,17+/m1/s1. The second-order valence-corrected chi connectivity index (χ2v) is 8.80. The number of alkyl halides is 3. The molecular weight excluding hydrogens is 413 g/mol. The smallest absolute Gasteiger partial charge is 0.377 e. The number of morpholine rings is 1. The highest BCUT2D eigenvalue weighted by atomic mass is 19.4. The largest absolute Gasteiger partial charge is 0.408 e. The number of fused-ring (bicyclic) bond motifs is 1. The molecule has 1 aliphatic carbocycles. The van der Waals surface area contributed by atoms with Crippen molar-refractivity contribution in [2.45, 2.75) is 70.3 Å². The molecule has 31 heavy (non-hydrogen) atoms. The van der Waals surface area contributed by atoms with Crippen molar-refractivity contribution in [2.75, 3.05) is 36.1 Å². The first-order chi connectivity index (χ1) is 14.8. The summed E-state index contributed by atoms with van der Waals surface area (Å²) < 4.78 is 48.4. The molecule has 2 atom stereocenters. The lowest BCUT2D eigenvalue weighted by molar-refractivity contribution is -0.153. The van der Waals surface area contributed by atoms with Crippen molar-refractivity contribution in [3.8, 4) is 0 Å². The summed E-state index contributed by atoms with van der Waals surface area (Å²) in [4.78, 5) is 33.1. The zero-order chi connectivity index (χ0) is 22.2. The van der Waals surface area contributed by atoms with Gasteiger partial charge in [0.1, 0.15) is 11.9 Å². The van der Waals surface area contributed by atoms with E-state index in [4.69, 9.17) is 4.74 Å². The maximum atomic E-state index is 13.9. The number of halogens is 3. The third kappa shape index (κ3) is 4.58. The zero-order valence-electron chi connectivity index (χ0n) is 17.7. The van der Waals surface area contributed by atoms with Crippen LogP contribution in [0, 0.1) is 5.92 Å². The molecule has 10 heteroatoms. The molecule has 0 amide bonds. The Morgan fingerprint density at radius 2 is 1.94 bits per heavy atom. The van der Waals surface area contributed by atoms with Gasteiger partial charge < -0.3 is 14.5 Å². The number of anilines is 2. The predicted octanol–water partition coefficient (Wildman–Crippen LogP) is 2.76. The molecule has 0 unspecified atom stereocenters. The summed E-state index contributed by atoms with van der Waals surface area (Å²) >= 11 is 0. The summed E-state index contributed by atoms with van der Waals surface area (Å²) in [5.74, 6) is -0.127. The topological polar surface area (TPSA) is 67.7 Å². The first-order valence-corrected chi connectivity index (χ1v) is 11.1. The van der Waals surface area contributed by atoms with E-state index in [0.29, 0.717) is 25.6 Å².